The molecule has 2 aromatic rings. The molecule has 17 heavy (non-hydrogen) atoms. The third-order valence-electron chi connectivity index (χ3n) is 2.40. The molecule has 1 heterocycles. The number of hydrogen-bond donors (Lipinski definition) is 3. The number of H-pyrrole nitrogens is 1. The lowest BCUT2D eigenvalue weighted by atomic mass is 10.2. The zero-order valence-electron chi connectivity index (χ0n) is 9.40. The van der Waals surface area contributed by atoms with Gasteiger partial charge < -0.3 is 11.1 Å². The maximum absolute atomic E-state index is 11.0. The molecule has 0 fully saturated rings. The Hall–Kier alpha value is -1.76. The van der Waals surface area contributed by atoms with E-state index < -0.39 is 9.84 Å². The van der Waals surface area contributed by atoms with Crippen LogP contribution in [0.1, 0.15) is 0 Å². The number of rotatable bonds is 4. The van der Waals surface area contributed by atoms with Gasteiger partial charge in [-0.15, -0.1) is 0 Å². The van der Waals surface area contributed by atoms with Gasteiger partial charge in [-0.25, -0.2) is 8.42 Å². The minimum atomic E-state index is -2.96. The van der Waals surface area contributed by atoms with Crippen molar-refractivity contribution >= 4 is 32.1 Å². The number of fused-ring (bicyclic) bond motifs is 1. The molecule has 0 aliphatic carbocycles. The van der Waals surface area contributed by atoms with Gasteiger partial charge in [0.15, 0.2) is 0 Å². The zero-order valence-corrected chi connectivity index (χ0v) is 10.2. The van der Waals surface area contributed by atoms with Gasteiger partial charge in [-0.2, -0.15) is 5.10 Å². The fourth-order valence-electron chi connectivity index (χ4n) is 1.53. The number of aromatic amines is 1. The summed E-state index contributed by atoms with van der Waals surface area (Å²) in [6.07, 6.45) is 2.89. The first-order valence-corrected chi connectivity index (χ1v) is 7.16. The van der Waals surface area contributed by atoms with Crippen LogP contribution < -0.4 is 11.1 Å². The lowest BCUT2D eigenvalue weighted by molar-refractivity contribution is 0.602. The van der Waals surface area contributed by atoms with Crippen molar-refractivity contribution < 1.29 is 8.42 Å². The van der Waals surface area contributed by atoms with E-state index in [2.05, 4.69) is 15.5 Å². The third kappa shape index (κ3) is 2.88. The Morgan fingerprint density at radius 1 is 1.47 bits per heavy atom. The van der Waals surface area contributed by atoms with Crippen LogP contribution in [0.25, 0.3) is 10.9 Å². The second-order valence-electron chi connectivity index (χ2n) is 3.95. The van der Waals surface area contributed by atoms with Gasteiger partial charge in [-0.1, -0.05) is 0 Å². The fourth-order valence-corrected chi connectivity index (χ4v) is 2.01. The van der Waals surface area contributed by atoms with Crippen LogP contribution in [0.5, 0.6) is 0 Å². The quantitative estimate of drug-likeness (QED) is 0.694. The van der Waals surface area contributed by atoms with Crippen molar-refractivity contribution in [2.75, 3.05) is 29.6 Å². The van der Waals surface area contributed by atoms with Crippen molar-refractivity contribution in [1.82, 2.24) is 10.2 Å². The van der Waals surface area contributed by atoms with Crippen molar-refractivity contribution in [2.45, 2.75) is 0 Å². The molecule has 0 amide bonds. The van der Waals surface area contributed by atoms with Crippen molar-refractivity contribution in [2.24, 2.45) is 0 Å². The maximum Gasteiger partial charge on any atom is 0.149 e. The van der Waals surface area contributed by atoms with Gasteiger partial charge in [-0.3, -0.25) is 5.10 Å². The number of hydrogen-bond acceptors (Lipinski definition) is 5. The zero-order chi connectivity index (χ0) is 12.5. The SMILES string of the molecule is CS(=O)(=O)CCNc1cc2[nH]ncc2cc1N. The van der Waals surface area contributed by atoms with Gasteiger partial charge in [0.1, 0.15) is 9.84 Å². The predicted octanol–water partition coefficient (Wildman–Crippen LogP) is 0.602. The largest absolute Gasteiger partial charge is 0.397 e. The molecule has 0 saturated heterocycles. The number of nitrogen functional groups attached to an aromatic ring is 1. The summed E-state index contributed by atoms with van der Waals surface area (Å²) in [6.45, 7) is 0.336. The molecular weight excluding hydrogens is 240 g/mol. The van der Waals surface area contributed by atoms with E-state index >= 15 is 0 Å². The Kier molecular flexibility index (Phi) is 2.93. The molecule has 0 aliphatic heterocycles. The van der Waals surface area contributed by atoms with Crippen molar-refractivity contribution in [3.63, 3.8) is 0 Å². The number of nitrogens with two attached hydrogens (primary N) is 1. The molecule has 6 nitrogen and oxygen atoms in total. The predicted molar refractivity (Wildman–Crippen MR) is 68.7 cm³/mol. The molecule has 0 bridgehead atoms. The molecule has 0 atom stereocenters. The van der Waals surface area contributed by atoms with Crippen LogP contribution in [0.3, 0.4) is 0 Å². The van der Waals surface area contributed by atoms with Gasteiger partial charge in [0, 0.05) is 18.2 Å². The molecule has 0 unspecified atom stereocenters. The van der Waals surface area contributed by atoms with E-state index in [1.54, 1.807) is 12.3 Å². The summed E-state index contributed by atoms with van der Waals surface area (Å²) < 4.78 is 22.0. The Balaban J connectivity index is 2.15. The lowest BCUT2D eigenvalue weighted by Gasteiger charge is -2.08. The van der Waals surface area contributed by atoms with Gasteiger partial charge in [0.25, 0.3) is 0 Å². The van der Waals surface area contributed by atoms with Crippen LogP contribution in [0.2, 0.25) is 0 Å². The van der Waals surface area contributed by atoms with Crippen LogP contribution in [0.4, 0.5) is 11.4 Å². The molecule has 0 spiro atoms. The van der Waals surface area contributed by atoms with Crippen LogP contribution in [-0.2, 0) is 9.84 Å². The Labute approximate surface area is 99.1 Å². The van der Waals surface area contributed by atoms with E-state index in [1.165, 1.54) is 6.26 Å². The van der Waals surface area contributed by atoms with Crippen LogP contribution >= 0.6 is 0 Å². The molecule has 1 aromatic heterocycles. The molecule has 4 N–H and O–H groups in total. The number of nitrogens with one attached hydrogen (secondary N) is 2. The first-order chi connectivity index (χ1) is 7.96. The Morgan fingerprint density at radius 2 is 2.24 bits per heavy atom. The van der Waals surface area contributed by atoms with E-state index in [4.69, 9.17) is 5.73 Å². The second kappa shape index (κ2) is 4.25. The maximum atomic E-state index is 11.0. The minimum Gasteiger partial charge on any atom is -0.397 e. The lowest BCUT2D eigenvalue weighted by Crippen LogP contribution is -2.14. The van der Waals surface area contributed by atoms with Crippen molar-refractivity contribution in [1.29, 1.82) is 0 Å². The highest BCUT2D eigenvalue weighted by Gasteiger charge is 2.05. The topological polar surface area (TPSA) is 101 Å². The van der Waals surface area contributed by atoms with Gasteiger partial charge >= 0.3 is 0 Å². The first kappa shape index (κ1) is 11.7. The second-order valence-corrected chi connectivity index (χ2v) is 6.21. The number of nitrogens with zero attached hydrogens (tertiary/aromatic N) is 1. The fraction of sp³-hybridized carbons (Fsp3) is 0.300. The number of benzene rings is 1. The normalized spacial score (nSPS) is 11.8. The van der Waals surface area contributed by atoms with E-state index in [9.17, 15) is 8.42 Å². The molecule has 0 saturated carbocycles. The van der Waals surface area contributed by atoms with E-state index in [-0.39, 0.29) is 5.75 Å². The van der Waals surface area contributed by atoms with E-state index in [0.29, 0.717) is 17.9 Å². The minimum absolute atomic E-state index is 0.0768. The van der Waals surface area contributed by atoms with Crippen molar-refractivity contribution in [3.05, 3.63) is 18.3 Å². The average Bonchev–Trinajstić information content (AvgIpc) is 2.63. The summed E-state index contributed by atoms with van der Waals surface area (Å²) in [5.41, 5.74) is 7.99. The summed E-state index contributed by atoms with van der Waals surface area (Å²) >= 11 is 0. The summed E-state index contributed by atoms with van der Waals surface area (Å²) in [4.78, 5) is 0. The number of sulfone groups is 1. The number of anilines is 2. The standard InChI is InChI=1S/C10H14N4O2S/c1-17(15,16)3-2-12-10-5-9-7(4-8(10)11)6-13-14-9/h4-6,12H,2-3,11H2,1H3,(H,13,14). The van der Waals surface area contributed by atoms with Gasteiger partial charge in [-0.05, 0) is 12.1 Å². The monoisotopic (exact) mass is 254 g/mol. The van der Waals surface area contributed by atoms with Crippen LogP contribution in [0, 0.1) is 0 Å². The van der Waals surface area contributed by atoms with E-state index in [1.807, 2.05) is 6.07 Å². The number of aromatic nitrogens is 2. The highest BCUT2D eigenvalue weighted by molar-refractivity contribution is 7.90. The molecule has 0 aliphatic rings. The summed E-state index contributed by atoms with van der Waals surface area (Å²) in [5.74, 6) is 0.0768. The smallest absolute Gasteiger partial charge is 0.149 e. The summed E-state index contributed by atoms with van der Waals surface area (Å²) in [5, 5.41) is 10.7. The molecule has 2 rings (SSSR count). The Morgan fingerprint density at radius 3 is 2.94 bits per heavy atom. The first-order valence-electron chi connectivity index (χ1n) is 5.10. The Bertz CT molecular complexity index is 633. The van der Waals surface area contributed by atoms with Crippen LogP contribution in [-0.4, -0.2) is 37.2 Å². The van der Waals surface area contributed by atoms with Gasteiger partial charge in [0.05, 0.1) is 28.8 Å². The third-order valence-corrected chi connectivity index (χ3v) is 3.34. The molecular formula is C10H14N4O2S. The average molecular weight is 254 g/mol. The molecule has 92 valence electrons. The summed E-state index contributed by atoms with van der Waals surface area (Å²) in [7, 11) is -2.96. The highest BCUT2D eigenvalue weighted by Crippen LogP contribution is 2.24. The highest BCUT2D eigenvalue weighted by atomic mass is 32.2. The van der Waals surface area contributed by atoms with Crippen molar-refractivity contribution in [3.8, 4) is 0 Å². The molecule has 1 aromatic carbocycles. The van der Waals surface area contributed by atoms with Gasteiger partial charge in [0.2, 0.25) is 0 Å². The molecule has 7 heteroatoms. The summed E-state index contributed by atoms with van der Waals surface area (Å²) in [6, 6.07) is 3.61. The van der Waals surface area contributed by atoms with E-state index in [0.717, 1.165) is 10.9 Å². The molecule has 0 radical (unpaired) electrons. The van der Waals surface area contributed by atoms with Crippen LogP contribution in [0.15, 0.2) is 18.3 Å².